The summed E-state index contributed by atoms with van der Waals surface area (Å²) in [5, 5.41) is 6.41. The molecule has 1 atom stereocenters. The number of ether oxygens (including phenoxy) is 3. The lowest BCUT2D eigenvalue weighted by Crippen LogP contribution is -2.42. The van der Waals surface area contributed by atoms with Crippen molar-refractivity contribution in [3.05, 3.63) is 29.8 Å². The molecule has 1 aromatic rings. The highest BCUT2D eigenvalue weighted by atomic mass is 16.5. The van der Waals surface area contributed by atoms with Crippen molar-refractivity contribution in [1.29, 1.82) is 0 Å². The summed E-state index contributed by atoms with van der Waals surface area (Å²) < 4.78 is 15.5. The van der Waals surface area contributed by atoms with Gasteiger partial charge in [-0.3, -0.25) is 14.7 Å². The normalized spacial score (nSPS) is 16.3. The molecule has 1 aromatic carbocycles. The third-order valence-corrected chi connectivity index (χ3v) is 4.60. The topological polar surface area (TPSA) is 84.4 Å². The van der Waals surface area contributed by atoms with Crippen LogP contribution in [0, 0.1) is 0 Å². The Labute approximate surface area is 167 Å². The number of nitrogens with one attached hydrogen (secondary N) is 2. The lowest BCUT2D eigenvalue weighted by molar-refractivity contribution is -0.140. The molecule has 1 aliphatic rings. The molecule has 1 saturated heterocycles. The smallest absolute Gasteiger partial charge is 0.307 e. The number of rotatable bonds is 9. The number of benzene rings is 1. The van der Waals surface area contributed by atoms with Gasteiger partial charge >= 0.3 is 5.97 Å². The molecule has 1 aliphatic heterocycles. The molecule has 2 rings (SSSR count). The summed E-state index contributed by atoms with van der Waals surface area (Å²) in [6.07, 6.45) is 0.298. The molecule has 0 bridgehead atoms. The first-order chi connectivity index (χ1) is 13.7. The fourth-order valence-electron chi connectivity index (χ4n) is 3.05. The van der Waals surface area contributed by atoms with Crippen LogP contribution in [0.3, 0.4) is 0 Å². The molecule has 0 spiro atoms. The molecular formula is C20H32N4O4. The highest BCUT2D eigenvalue weighted by molar-refractivity contribution is 5.80. The monoisotopic (exact) mass is 392 g/mol. The molecule has 0 radical (unpaired) electrons. The molecule has 8 heteroatoms. The Hall–Kier alpha value is -2.32. The van der Waals surface area contributed by atoms with Crippen molar-refractivity contribution in [2.24, 2.45) is 4.99 Å². The zero-order valence-corrected chi connectivity index (χ0v) is 17.1. The van der Waals surface area contributed by atoms with Gasteiger partial charge in [0.25, 0.3) is 0 Å². The largest absolute Gasteiger partial charge is 0.497 e. The molecule has 0 saturated carbocycles. The van der Waals surface area contributed by atoms with E-state index in [-0.39, 0.29) is 12.0 Å². The van der Waals surface area contributed by atoms with Crippen LogP contribution in [0.25, 0.3) is 0 Å². The Kier molecular flexibility index (Phi) is 9.57. The van der Waals surface area contributed by atoms with Gasteiger partial charge in [-0.25, -0.2) is 0 Å². The number of aliphatic imine (C=N–C) groups is 1. The number of esters is 1. The van der Waals surface area contributed by atoms with E-state index in [0.717, 1.165) is 38.6 Å². The predicted octanol–water partition coefficient (Wildman–Crippen LogP) is 1.19. The molecular weight excluding hydrogens is 360 g/mol. The minimum absolute atomic E-state index is 0.144. The van der Waals surface area contributed by atoms with E-state index in [2.05, 4.69) is 32.4 Å². The standard InChI is InChI=1S/C20H32N4O4/c1-4-21-20(22-10-9-19(25)27-3)23-15-18(24-11-13-28-14-12-24)16-5-7-17(26-2)8-6-16/h5-8,18H,4,9-15H2,1-3H3,(H2,21,22,23). The van der Waals surface area contributed by atoms with Gasteiger partial charge in [0, 0.05) is 26.2 Å². The van der Waals surface area contributed by atoms with E-state index in [9.17, 15) is 4.79 Å². The number of carbonyl (C=O) groups is 1. The van der Waals surface area contributed by atoms with Crippen molar-refractivity contribution in [3.8, 4) is 5.75 Å². The summed E-state index contributed by atoms with van der Waals surface area (Å²) in [5.41, 5.74) is 1.19. The van der Waals surface area contributed by atoms with Crippen LogP contribution >= 0.6 is 0 Å². The van der Waals surface area contributed by atoms with Gasteiger partial charge in [0.1, 0.15) is 5.75 Å². The predicted molar refractivity (Wildman–Crippen MR) is 109 cm³/mol. The molecule has 1 unspecified atom stereocenters. The molecule has 0 amide bonds. The molecule has 1 fully saturated rings. The fraction of sp³-hybridized carbons (Fsp3) is 0.600. The first-order valence-electron chi connectivity index (χ1n) is 9.72. The van der Waals surface area contributed by atoms with Crippen LogP contribution in [0.4, 0.5) is 0 Å². The number of morpholine rings is 1. The number of nitrogens with zero attached hydrogens (tertiary/aromatic N) is 2. The second-order valence-corrected chi connectivity index (χ2v) is 6.41. The van der Waals surface area contributed by atoms with Crippen molar-refractivity contribution in [3.63, 3.8) is 0 Å². The minimum atomic E-state index is -0.243. The zero-order valence-electron chi connectivity index (χ0n) is 17.1. The van der Waals surface area contributed by atoms with Crippen LogP contribution in [0.1, 0.15) is 24.9 Å². The molecule has 8 nitrogen and oxygen atoms in total. The Balaban J connectivity index is 2.09. The van der Waals surface area contributed by atoms with Gasteiger partial charge in [-0.1, -0.05) is 12.1 Å². The first kappa shape index (κ1) is 22.0. The zero-order chi connectivity index (χ0) is 20.2. The van der Waals surface area contributed by atoms with E-state index in [1.54, 1.807) is 7.11 Å². The van der Waals surface area contributed by atoms with Crippen LogP contribution in [0.15, 0.2) is 29.3 Å². The van der Waals surface area contributed by atoms with Crippen molar-refractivity contribution in [2.75, 3.05) is 60.2 Å². The van der Waals surface area contributed by atoms with Crippen LogP contribution in [-0.4, -0.2) is 77.0 Å². The third kappa shape index (κ3) is 7.01. The van der Waals surface area contributed by atoms with Crippen molar-refractivity contribution in [1.82, 2.24) is 15.5 Å². The number of hydrogen-bond acceptors (Lipinski definition) is 6. The lowest BCUT2D eigenvalue weighted by Gasteiger charge is -2.34. The highest BCUT2D eigenvalue weighted by Gasteiger charge is 2.22. The average molecular weight is 393 g/mol. The van der Waals surface area contributed by atoms with Gasteiger partial charge in [-0.15, -0.1) is 0 Å². The maximum Gasteiger partial charge on any atom is 0.307 e. The van der Waals surface area contributed by atoms with Crippen LogP contribution < -0.4 is 15.4 Å². The van der Waals surface area contributed by atoms with Gasteiger partial charge < -0.3 is 24.8 Å². The summed E-state index contributed by atoms with van der Waals surface area (Å²) in [7, 11) is 3.06. The second-order valence-electron chi connectivity index (χ2n) is 6.41. The van der Waals surface area contributed by atoms with Crippen molar-refractivity contribution < 1.29 is 19.0 Å². The second kappa shape index (κ2) is 12.2. The molecule has 156 valence electrons. The summed E-state index contributed by atoms with van der Waals surface area (Å²) >= 11 is 0. The maximum atomic E-state index is 11.3. The maximum absolute atomic E-state index is 11.3. The van der Waals surface area contributed by atoms with Crippen LogP contribution in [0.2, 0.25) is 0 Å². The number of guanidine groups is 1. The number of hydrogen-bond donors (Lipinski definition) is 2. The summed E-state index contributed by atoms with van der Waals surface area (Å²) in [4.78, 5) is 18.5. The summed E-state index contributed by atoms with van der Waals surface area (Å²) in [6.45, 7) is 7.04. The van der Waals surface area contributed by atoms with E-state index in [1.165, 1.54) is 12.7 Å². The Bertz CT molecular complexity index is 615. The van der Waals surface area contributed by atoms with Gasteiger partial charge in [0.05, 0.1) is 46.4 Å². The van der Waals surface area contributed by atoms with E-state index < -0.39 is 0 Å². The van der Waals surface area contributed by atoms with Gasteiger partial charge in [0.2, 0.25) is 0 Å². The van der Waals surface area contributed by atoms with E-state index >= 15 is 0 Å². The Morgan fingerprint density at radius 3 is 2.54 bits per heavy atom. The lowest BCUT2D eigenvalue weighted by atomic mass is 10.0. The van der Waals surface area contributed by atoms with E-state index in [4.69, 9.17) is 14.5 Å². The highest BCUT2D eigenvalue weighted by Crippen LogP contribution is 2.24. The SMILES string of the molecule is CCNC(=NCC(c1ccc(OC)cc1)N1CCOCC1)NCCC(=O)OC. The molecule has 28 heavy (non-hydrogen) atoms. The molecule has 0 aliphatic carbocycles. The molecule has 1 heterocycles. The Morgan fingerprint density at radius 2 is 1.93 bits per heavy atom. The first-order valence-corrected chi connectivity index (χ1v) is 9.72. The Morgan fingerprint density at radius 1 is 1.21 bits per heavy atom. The number of carbonyl (C=O) groups excluding carboxylic acids is 1. The summed E-state index contributed by atoms with van der Waals surface area (Å²) in [6, 6.07) is 8.28. The van der Waals surface area contributed by atoms with Gasteiger partial charge in [-0.2, -0.15) is 0 Å². The van der Waals surface area contributed by atoms with Crippen molar-refractivity contribution >= 4 is 11.9 Å². The van der Waals surface area contributed by atoms with Crippen molar-refractivity contribution in [2.45, 2.75) is 19.4 Å². The van der Waals surface area contributed by atoms with Crippen LogP contribution in [-0.2, 0) is 14.3 Å². The minimum Gasteiger partial charge on any atom is -0.497 e. The summed E-state index contributed by atoms with van der Waals surface area (Å²) in [5.74, 6) is 1.29. The van der Waals surface area contributed by atoms with Crippen LogP contribution in [0.5, 0.6) is 5.75 Å². The van der Waals surface area contributed by atoms with Gasteiger partial charge in [-0.05, 0) is 24.6 Å². The third-order valence-electron chi connectivity index (χ3n) is 4.60. The molecule has 2 N–H and O–H groups in total. The average Bonchev–Trinajstić information content (AvgIpc) is 2.74. The van der Waals surface area contributed by atoms with Gasteiger partial charge in [0.15, 0.2) is 5.96 Å². The van der Waals surface area contributed by atoms with E-state index in [0.29, 0.717) is 25.5 Å². The molecule has 0 aromatic heterocycles. The van der Waals surface area contributed by atoms with E-state index in [1.807, 2.05) is 19.1 Å². The fourth-order valence-corrected chi connectivity index (χ4v) is 3.05. The quantitative estimate of drug-likeness (QED) is 0.371. The number of methoxy groups -OCH3 is 2.